The molecular weight excluding hydrogens is 342 g/mol. The molecule has 3 atom stereocenters. The van der Waals surface area contributed by atoms with Gasteiger partial charge in [0.2, 0.25) is 11.8 Å². The van der Waals surface area contributed by atoms with Gasteiger partial charge in [-0.3, -0.25) is 4.55 Å². The van der Waals surface area contributed by atoms with E-state index in [0.717, 1.165) is 19.5 Å². The number of piperidine rings is 1. The van der Waals surface area contributed by atoms with Crippen molar-refractivity contribution in [2.45, 2.75) is 37.3 Å². The second-order valence-electron chi connectivity index (χ2n) is 6.18. The Morgan fingerprint density at radius 3 is 2.75 bits per heavy atom. The minimum Gasteiger partial charge on any atom is -0.423 e. The number of nitrogens with one attached hydrogen (secondary N) is 1. The number of fused-ring (bicyclic) bond motifs is 2. The van der Waals surface area contributed by atoms with E-state index in [0.29, 0.717) is 29.7 Å². The van der Waals surface area contributed by atoms with E-state index in [2.05, 4.69) is 19.8 Å². The highest BCUT2D eigenvalue weighted by Gasteiger charge is 2.49. The van der Waals surface area contributed by atoms with Gasteiger partial charge in [-0.05, 0) is 25.8 Å². The van der Waals surface area contributed by atoms with Crippen molar-refractivity contribution >= 4 is 16.4 Å². The minimum absolute atomic E-state index is 0.177. The van der Waals surface area contributed by atoms with Crippen molar-refractivity contribution in [3.8, 4) is 0 Å². The van der Waals surface area contributed by atoms with Crippen molar-refractivity contribution < 1.29 is 26.5 Å². The fourth-order valence-electron chi connectivity index (χ4n) is 3.50. The number of amides is 2. The van der Waals surface area contributed by atoms with Crippen molar-refractivity contribution in [3.05, 3.63) is 11.8 Å². The summed E-state index contributed by atoms with van der Waals surface area (Å²) in [6.07, 6.45) is 1.98. The third-order valence-corrected chi connectivity index (χ3v) is 5.00. The van der Waals surface area contributed by atoms with E-state index in [1.165, 1.54) is 4.90 Å². The molecule has 4 heterocycles. The van der Waals surface area contributed by atoms with Gasteiger partial charge in [-0.2, -0.15) is 13.5 Å². The summed E-state index contributed by atoms with van der Waals surface area (Å²) >= 11 is 0. The Hall–Kier alpha value is -1.76. The molecule has 24 heavy (non-hydrogen) atoms. The van der Waals surface area contributed by atoms with Crippen molar-refractivity contribution in [2.24, 2.45) is 0 Å². The quantitative estimate of drug-likeness (QED) is 0.701. The maximum atomic E-state index is 12.4. The number of hydroxylamine groups is 2. The fraction of sp³-hybridized carbons (Fsp3) is 0.750. The minimum atomic E-state index is -4.75. The molecule has 0 saturated carbocycles. The van der Waals surface area contributed by atoms with Crippen LogP contribution in [-0.4, -0.2) is 64.8 Å². The predicted octanol–water partition coefficient (Wildman–Crippen LogP) is -0.178. The average Bonchev–Trinajstić information content (AvgIpc) is 3.24. The number of hydrogen-bond donors (Lipinski definition) is 2. The number of nitrogens with zero attached hydrogens (tertiary/aromatic N) is 4. The van der Waals surface area contributed by atoms with Crippen LogP contribution in [-0.2, 0) is 14.7 Å². The first-order valence-electron chi connectivity index (χ1n) is 7.73. The van der Waals surface area contributed by atoms with E-state index < -0.39 is 28.5 Å². The second kappa shape index (κ2) is 5.65. The van der Waals surface area contributed by atoms with Crippen molar-refractivity contribution in [2.75, 3.05) is 19.6 Å². The first kappa shape index (κ1) is 15.7. The van der Waals surface area contributed by atoms with E-state index in [9.17, 15) is 13.2 Å². The third kappa shape index (κ3) is 2.75. The molecule has 3 saturated heterocycles. The molecule has 2 N–H and O–H groups in total. The van der Waals surface area contributed by atoms with Gasteiger partial charge in [0, 0.05) is 13.1 Å². The van der Waals surface area contributed by atoms with Gasteiger partial charge in [0.05, 0.1) is 12.0 Å². The molecule has 3 aliphatic rings. The molecule has 11 nitrogen and oxygen atoms in total. The number of rotatable bonds is 4. The van der Waals surface area contributed by atoms with Gasteiger partial charge in [-0.15, -0.1) is 14.5 Å². The van der Waals surface area contributed by atoms with Crippen LogP contribution in [0.3, 0.4) is 0 Å². The fourth-order valence-corrected chi connectivity index (χ4v) is 3.89. The van der Waals surface area contributed by atoms with E-state index in [1.807, 2.05) is 0 Å². The lowest BCUT2D eigenvalue weighted by Crippen LogP contribution is -2.35. The molecular formula is C12H17N5O6S. The second-order valence-corrected chi connectivity index (χ2v) is 7.18. The summed E-state index contributed by atoms with van der Waals surface area (Å²) in [4.78, 5) is 13.8. The summed E-state index contributed by atoms with van der Waals surface area (Å²) in [6.45, 7) is 1.97. The molecule has 1 aromatic rings. The van der Waals surface area contributed by atoms with E-state index in [4.69, 9.17) is 8.97 Å². The smallest absolute Gasteiger partial charge is 0.418 e. The highest BCUT2D eigenvalue weighted by Crippen LogP contribution is 2.38. The van der Waals surface area contributed by atoms with Gasteiger partial charge in [0.25, 0.3) is 0 Å². The summed E-state index contributed by atoms with van der Waals surface area (Å²) in [5.74, 6) is 1.07. The van der Waals surface area contributed by atoms with Crippen LogP contribution in [0.1, 0.15) is 43.0 Å². The van der Waals surface area contributed by atoms with Crippen LogP contribution in [0.15, 0.2) is 4.42 Å². The van der Waals surface area contributed by atoms with Crippen molar-refractivity contribution in [3.63, 3.8) is 0 Å². The molecule has 12 heteroatoms. The lowest BCUT2D eigenvalue weighted by Gasteiger charge is -2.27. The lowest BCUT2D eigenvalue weighted by molar-refractivity contribution is -0.0317. The zero-order valence-electron chi connectivity index (χ0n) is 12.7. The first-order valence-corrected chi connectivity index (χ1v) is 9.10. The SMILES string of the molecule is O=C1N2CC(CCC2c2nnc(C3CCNC3)o2)N1OS(=O)(=O)O. The number of aromatic nitrogens is 2. The van der Waals surface area contributed by atoms with E-state index in [-0.39, 0.29) is 12.5 Å². The Morgan fingerprint density at radius 1 is 1.25 bits per heavy atom. The molecule has 132 valence electrons. The number of urea groups is 1. The Balaban J connectivity index is 1.53. The molecule has 3 fully saturated rings. The van der Waals surface area contributed by atoms with Gasteiger partial charge in [0.1, 0.15) is 6.04 Å². The van der Waals surface area contributed by atoms with Crippen molar-refractivity contribution in [1.29, 1.82) is 0 Å². The van der Waals surface area contributed by atoms with E-state index >= 15 is 0 Å². The molecule has 0 aromatic carbocycles. The highest BCUT2D eigenvalue weighted by atomic mass is 32.3. The van der Waals surface area contributed by atoms with Crippen molar-refractivity contribution in [1.82, 2.24) is 25.5 Å². The molecule has 2 amide bonds. The Labute approximate surface area is 137 Å². The summed E-state index contributed by atoms with van der Waals surface area (Å²) < 4.78 is 40.8. The Bertz CT molecular complexity index is 745. The normalized spacial score (nSPS) is 30.4. The van der Waals surface area contributed by atoms with Crippen LogP contribution in [0, 0.1) is 0 Å². The molecule has 4 rings (SSSR count). The maximum Gasteiger partial charge on any atom is 0.418 e. The van der Waals surface area contributed by atoms with Crippen LogP contribution in [0.25, 0.3) is 0 Å². The summed E-state index contributed by atoms with van der Waals surface area (Å²) in [6, 6.07) is -1.49. The monoisotopic (exact) mass is 359 g/mol. The largest absolute Gasteiger partial charge is 0.423 e. The van der Waals surface area contributed by atoms with Crippen LogP contribution in [0.2, 0.25) is 0 Å². The van der Waals surface area contributed by atoms with Gasteiger partial charge in [-0.25, -0.2) is 4.79 Å². The zero-order chi connectivity index (χ0) is 16.9. The molecule has 2 bridgehead atoms. The average molecular weight is 359 g/mol. The molecule has 1 aromatic heterocycles. The summed E-state index contributed by atoms with van der Waals surface area (Å²) in [7, 11) is -4.75. The Kier molecular flexibility index (Phi) is 3.71. The lowest BCUT2D eigenvalue weighted by atomic mass is 10.0. The topological polar surface area (TPSA) is 138 Å². The molecule has 3 aliphatic heterocycles. The van der Waals surface area contributed by atoms with Gasteiger partial charge in [0.15, 0.2) is 0 Å². The highest BCUT2D eigenvalue weighted by molar-refractivity contribution is 7.80. The van der Waals surface area contributed by atoms with Gasteiger partial charge >= 0.3 is 16.4 Å². The molecule has 0 spiro atoms. The first-order chi connectivity index (χ1) is 11.4. The molecule has 3 unspecified atom stereocenters. The maximum absolute atomic E-state index is 12.4. The molecule has 0 radical (unpaired) electrons. The molecule has 0 aliphatic carbocycles. The van der Waals surface area contributed by atoms with Crippen LogP contribution >= 0.6 is 0 Å². The van der Waals surface area contributed by atoms with E-state index in [1.54, 1.807) is 0 Å². The Morgan fingerprint density at radius 2 is 2.04 bits per heavy atom. The predicted molar refractivity (Wildman–Crippen MR) is 76.9 cm³/mol. The number of carbonyl (C=O) groups excluding carboxylic acids is 1. The standard InChI is InChI=1S/C12H17N5O6S/c18-12-16-6-8(17(12)23-24(19,20)21)1-2-9(16)11-15-14-10(22-11)7-3-4-13-5-7/h7-9,13H,1-6H2,(H,19,20,21). The van der Waals surface area contributed by atoms with Gasteiger partial charge in [-0.1, -0.05) is 0 Å². The summed E-state index contributed by atoms with van der Waals surface area (Å²) in [5, 5.41) is 12.1. The van der Waals surface area contributed by atoms with Crippen LogP contribution in [0.4, 0.5) is 4.79 Å². The van der Waals surface area contributed by atoms with Crippen LogP contribution < -0.4 is 5.32 Å². The zero-order valence-corrected chi connectivity index (χ0v) is 13.5. The summed E-state index contributed by atoms with van der Waals surface area (Å²) in [5.41, 5.74) is 0. The number of carbonyl (C=O) groups is 1. The number of hydrogen-bond acceptors (Lipinski definition) is 8. The van der Waals surface area contributed by atoms with Crippen LogP contribution in [0.5, 0.6) is 0 Å². The van der Waals surface area contributed by atoms with Gasteiger partial charge < -0.3 is 14.6 Å². The third-order valence-electron chi connectivity index (χ3n) is 4.65.